The lowest BCUT2D eigenvalue weighted by Crippen LogP contribution is -2.32. The second-order valence-electron chi connectivity index (χ2n) is 9.83. The number of anilines is 2. The first-order chi connectivity index (χ1) is 17.0. The molecule has 2 amide bonds. The normalized spacial score (nSPS) is 11.4. The highest BCUT2D eigenvalue weighted by Crippen LogP contribution is 2.29. The molecule has 186 valence electrons. The quantitative estimate of drug-likeness (QED) is 0.373. The number of nitrogens with one attached hydrogen (secondary N) is 2. The van der Waals surface area contributed by atoms with Gasteiger partial charge in [-0.15, -0.1) is 0 Å². The van der Waals surface area contributed by atoms with E-state index in [-0.39, 0.29) is 17.0 Å². The molecule has 0 aliphatic carbocycles. The monoisotopic (exact) mass is 486 g/mol. The van der Waals surface area contributed by atoms with Crippen LogP contribution in [-0.4, -0.2) is 39.8 Å². The number of fused-ring (bicyclic) bond motifs is 1. The van der Waals surface area contributed by atoms with Gasteiger partial charge in [0.25, 0.3) is 11.8 Å². The summed E-state index contributed by atoms with van der Waals surface area (Å²) in [5.74, 6) is 0.169. The topological polar surface area (TPSA) is 124 Å². The lowest BCUT2D eigenvalue weighted by atomic mass is 9.95. The summed E-state index contributed by atoms with van der Waals surface area (Å²) in [6.07, 6.45) is 3.40. The summed E-state index contributed by atoms with van der Waals surface area (Å²) in [5, 5.41) is 5.86. The summed E-state index contributed by atoms with van der Waals surface area (Å²) in [5.41, 5.74) is 9.99. The van der Waals surface area contributed by atoms with Crippen molar-refractivity contribution < 1.29 is 14.3 Å². The molecule has 4 rings (SSSR count). The van der Waals surface area contributed by atoms with Crippen molar-refractivity contribution >= 4 is 29.0 Å². The molecule has 0 unspecified atom stereocenters. The van der Waals surface area contributed by atoms with Gasteiger partial charge >= 0.3 is 0 Å². The van der Waals surface area contributed by atoms with Crippen molar-refractivity contribution in [2.24, 2.45) is 5.41 Å². The molecular weight excluding hydrogens is 456 g/mol. The molecule has 3 aromatic heterocycles. The van der Waals surface area contributed by atoms with E-state index in [0.717, 1.165) is 11.1 Å². The zero-order valence-electron chi connectivity index (χ0n) is 21.0. The molecular formula is C27H30N6O3. The number of aryl methyl sites for hydroxylation is 1. The van der Waals surface area contributed by atoms with Gasteiger partial charge in [-0.25, -0.2) is 9.97 Å². The van der Waals surface area contributed by atoms with E-state index in [9.17, 15) is 9.59 Å². The summed E-state index contributed by atoms with van der Waals surface area (Å²) in [6, 6.07) is 12.4. The lowest BCUT2D eigenvalue weighted by molar-refractivity contribution is 0.0938. The van der Waals surface area contributed by atoms with Gasteiger partial charge < -0.3 is 25.5 Å². The van der Waals surface area contributed by atoms with Crippen LogP contribution in [0.4, 0.5) is 11.5 Å². The minimum absolute atomic E-state index is 0.0172. The van der Waals surface area contributed by atoms with Gasteiger partial charge in [0.2, 0.25) is 5.88 Å². The zero-order chi connectivity index (χ0) is 26.0. The van der Waals surface area contributed by atoms with Crippen LogP contribution in [0.5, 0.6) is 5.88 Å². The van der Waals surface area contributed by atoms with Gasteiger partial charge in [-0.05, 0) is 53.8 Å². The molecule has 0 saturated heterocycles. The number of hydrogen-bond donors (Lipinski definition) is 3. The van der Waals surface area contributed by atoms with Crippen molar-refractivity contribution in [2.75, 3.05) is 24.7 Å². The largest absolute Gasteiger partial charge is 0.481 e. The summed E-state index contributed by atoms with van der Waals surface area (Å²) < 4.78 is 7.01. The minimum Gasteiger partial charge on any atom is -0.481 e. The summed E-state index contributed by atoms with van der Waals surface area (Å²) >= 11 is 0. The van der Waals surface area contributed by atoms with Crippen molar-refractivity contribution in [3.63, 3.8) is 0 Å². The number of aromatic nitrogens is 3. The first-order valence-corrected chi connectivity index (χ1v) is 11.5. The predicted molar refractivity (Wildman–Crippen MR) is 140 cm³/mol. The Bertz CT molecular complexity index is 1450. The van der Waals surface area contributed by atoms with Gasteiger partial charge in [-0.3, -0.25) is 9.59 Å². The molecule has 36 heavy (non-hydrogen) atoms. The third-order valence-electron chi connectivity index (χ3n) is 5.58. The van der Waals surface area contributed by atoms with Crippen molar-refractivity contribution in [3.05, 3.63) is 71.7 Å². The Hall–Kier alpha value is -4.40. The molecule has 1 aromatic carbocycles. The highest BCUT2D eigenvalue weighted by Gasteiger charge is 2.20. The van der Waals surface area contributed by atoms with E-state index in [4.69, 9.17) is 10.5 Å². The maximum atomic E-state index is 13.3. The summed E-state index contributed by atoms with van der Waals surface area (Å²) in [4.78, 5) is 34.6. The van der Waals surface area contributed by atoms with Gasteiger partial charge in [-0.1, -0.05) is 26.8 Å². The number of imidazole rings is 1. The van der Waals surface area contributed by atoms with Gasteiger partial charge in [0.05, 0.1) is 19.0 Å². The predicted octanol–water partition coefficient (Wildman–Crippen LogP) is 4.32. The fraction of sp³-hybridized carbons (Fsp3) is 0.259. The second-order valence-corrected chi connectivity index (χ2v) is 9.83. The molecule has 0 spiro atoms. The van der Waals surface area contributed by atoms with Crippen LogP contribution in [0.1, 0.15) is 47.2 Å². The molecule has 4 N–H and O–H groups in total. The Kier molecular flexibility index (Phi) is 6.65. The van der Waals surface area contributed by atoms with E-state index in [1.165, 1.54) is 7.11 Å². The number of hydrogen-bond acceptors (Lipinski definition) is 6. The molecule has 0 aliphatic heterocycles. The molecule has 0 bridgehead atoms. The number of nitrogen functional groups attached to an aromatic ring is 1. The highest BCUT2D eigenvalue weighted by atomic mass is 16.5. The molecule has 9 heteroatoms. The first-order valence-electron chi connectivity index (χ1n) is 11.5. The number of amides is 2. The second kappa shape index (κ2) is 9.69. The lowest BCUT2D eigenvalue weighted by Gasteiger charge is -2.19. The number of rotatable bonds is 6. The molecule has 0 fully saturated rings. The number of carbonyl (C=O) groups is 2. The number of carbonyl (C=O) groups excluding carboxylic acids is 2. The Morgan fingerprint density at radius 2 is 1.75 bits per heavy atom. The molecule has 0 radical (unpaired) electrons. The average Bonchev–Trinajstić information content (AvgIpc) is 3.21. The number of ether oxygens (including phenoxy) is 1. The Labute approximate surface area is 209 Å². The van der Waals surface area contributed by atoms with E-state index in [0.29, 0.717) is 40.7 Å². The number of benzene rings is 1. The fourth-order valence-corrected chi connectivity index (χ4v) is 3.78. The van der Waals surface area contributed by atoms with Gasteiger partial charge in [-0.2, -0.15) is 0 Å². The van der Waals surface area contributed by atoms with Gasteiger partial charge in [0, 0.05) is 29.9 Å². The molecule has 3 heterocycles. The van der Waals surface area contributed by atoms with Crippen LogP contribution < -0.4 is 21.1 Å². The number of nitrogens with two attached hydrogens (primary N) is 1. The fourth-order valence-electron chi connectivity index (χ4n) is 3.78. The Morgan fingerprint density at radius 3 is 2.44 bits per heavy atom. The van der Waals surface area contributed by atoms with Crippen LogP contribution in [0, 0.1) is 12.3 Å². The number of pyridine rings is 2. The van der Waals surface area contributed by atoms with E-state index in [1.54, 1.807) is 47.1 Å². The van der Waals surface area contributed by atoms with Gasteiger partial charge in [0.15, 0.2) is 0 Å². The van der Waals surface area contributed by atoms with Crippen LogP contribution in [0.25, 0.3) is 16.8 Å². The van der Waals surface area contributed by atoms with E-state index >= 15 is 0 Å². The smallest absolute Gasteiger partial charge is 0.275 e. The Balaban J connectivity index is 1.64. The maximum Gasteiger partial charge on any atom is 0.275 e. The van der Waals surface area contributed by atoms with Crippen molar-refractivity contribution in [2.45, 2.75) is 27.7 Å². The number of methoxy groups -OCH3 is 1. The third-order valence-corrected chi connectivity index (χ3v) is 5.58. The molecule has 0 aliphatic rings. The minimum atomic E-state index is -0.400. The van der Waals surface area contributed by atoms with E-state index < -0.39 is 5.91 Å². The van der Waals surface area contributed by atoms with Crippen LogP contribution in [0.2, 0.25) is 0 Å². The summed E-state index contributed by atoms with van der Waals surface area (Å²) in [6.45, 7) is 8.66. The van der Waals surface area contributed by atoms with Gasteiger partial charge in [0.1, 0.15) is 17.2 Å². The van der Waals surface area contributed by atoms with Crippen molar-refractivity contribution in [3.8, 4) is 17.0 Å². The molecule has 0 atom stereocenters. The zero-order valence-corrected chi connectivity index (χ0v) is 21.0. The van der Waals surface area contributed by atoms with Crippen LogP contribution >= 0.6 is 0 Å². The van der Waals surface area contributed by atoms with Crippen LogP contribution in [0.3, 0.4) is 0 Å². The van der Waals surface area contributed by atoms with Crippen molar-refractivity contribution in [1.29, 1.82) is 0 Å². The Morgan fingerprint density at radius 1 is 1.00 bits per heavy atom. The summed E-state index contributed by atoms with van der Waals surface area (Å²) in [7, 11) is 1.50. The first kappa shape index (κ1) is 24.7. The van der Waals surface area contributed by atoms with Crippen molar-refractivity contribution in [1.82, 2.24) is 19.7 Å². The highest BCUT2D eigenvalue weighted by molar-refractivity contribution is 6.07. The number of nitrogens with zero attached hydrogens (tertiary/aromatic N) is 3. The molecule has 0 saturated carbocycles. The van der Waals surface area contributed by atoms with E-state index in [1.807, 2.05) is 19.1 Å². The van der Waals surface area contributed by atoms with E-state index in [2.05, 4.69) is 41.4 Å². The third kappa shape index (κ3) is 5.46. The molecule has 4 aromatic rings. The van der Waals surface area contributed by atoms with Crippen LogP contribution in [0.15, 0.2) is 54.9 Å². The van der Waals surface area contributed by atoms with Crippen LogP contribution in [-0.2, 0) is 0 Å². The maximum absolute atomic E-state index is 13.3. The SMILES string of the molecule is COc1ccc(-c2ccc(C(=O)NCC(C)(C)C)cc2C)c(C(=O)Nc2ccc3nc(N)cn3c2)n1. The standard InChI is InChI=1S/C27H30N6O3/c1-16-12-17(25(34)29-15-27(2,3)4)6-8-19(16)20-9-11-23(36-5)32-24(20)26(35)30-18-7-10-22-31-21(28)14-33(22)13-18/h6-14H,15,28H2,1-5H3,(H,29,34)(H,30,35). The molecule has 9 nitrogen and oxygen atoms in total. The average molecular weight is 487 g/mol.